The van der Waals surface area contributed by atoms with Crippen molar-refractivity contribution in [2.24, 2.45) is 0 Å². The topological polar surface area (TPSA) is 96.8 Å². The van der Waals surface area contributed by atoms with Crippen LogP contribution in [-0.2, 0) is 26.2 Å². The van der Waals surface area contributed by atoms with Crippen LogP contribution in [0.1, 0.15) is 12.1 Å². The van der Waals surface area contributed by atoms with Crippen LogP contribution in [0.4, 0.5) is 26.3 Å². The first-order valence-corrected chi connectivity index (χ1v) is 10.6. The summed E-state index contributed by atoms with van der Waals surface area (Å²) in [4.78, 5) is 13.0. The number of thioether (sulfide) groups is 1. The molecule has 0 aliphatic carbocycles. The number of aromatic nitrogens is 1. The van der Waals surface area contributed by atoms with Gasteiger partial charge in [0, 0.05) is 29.8 Å². The van der Waals surface area contributed by atoms with Crippen LogP contribution >= 0.6 is 11.8 Å². The predicted molar refractivity (Wildman–Crippen MR) is 92.9 cm³/mol. The van der Waals surface area contributed by atoms with E-state index in [9.17, 15) is 34.8 Å². The maximum absolute atomic E-state index is 12.5. The van der Waals surface area contributed by atoms with Crippen LogP contribution in [0.5, 0.6) is 0 Å². The number of rotatable bonds is 4. The Morgan fingerprint density at radius 2 is 1.87 bits per heavy atom. The molecule has 1 aromatic rings. The van der Waals surface area contributed by atoms with Crippen LogP contribution in [0.2, 0.25) is 0 Å². The highest BCUT2D eigenvalue weighted by atomic mass is 32.2. The van der Waals surface area contributed by atoms with Gasteiger partial charge in [0.15, 0.2) is 0 Å². The van der Waals surface area contributed by atoms with E-state index in [1.165, 1.54) is 11.8 Å². The van der Waals surface area contributed by atoms with E-state index in [1.54, 1.807) is 12.3 Å². The SMILES string of the molecule is O=C(O)C(F)(F)F.O=S(=O)(N1CC2(CC(OCc3ccccn3)CS2)C1)C(F)(F)F. The molecule has 170 valence electrons. The van der Waals surface area contributed by atoms with Crippen molar-refractivity contribution in [3.05, 3.63) is 30.1 Å². The molecule has 3 rings (SSSR count). The summed E-state index contributed by atoms with van der Waals surface area (Å²) in [6.45, 7) is 0.124. The third kappa shape index (κ3) is 5.98. The van der Waals surface area contributed by atoms with E-state index >= 15 is 0 Å². The molecule has 2 aliphatic heterocycles. The molecule has 0 radical (unpaired) electrons. The highest BCUT2D eigenvalue weighted by Crippen LogP contribution is 2.48. The summed E-state index contributed by atoms with van der Waals surface area (Å²) in [5.41, 5.74) is -4.44. The number of pyridine rings is 1. The third-order valence-corrected chi connectivity index (χ3v) is 7.27. The van der Waals surface area contributed by atoms with Gasteiger partial charge in [0.2, 0.25) is 0 Å². The number of nitrogens with zero attached hydrogens (tertiary/aromatic N) is 2. The number of halogens is 6. The summed E-state index contributed by atoms with van der Waals surface area (Å²) in [6.07, 6.45) is -2.97. The molecule has 0 saturated carbocycles. The molecule has 0 aromatic carbocycles. The van der Waals surface area contributed by atoms with Crippen molar-refractivity contribution in [3.63, 3.8) is 0 Å². The molecule has 2 saturated heterocycles. The molecule has 1 spiro atoms. The molecular weight excluding hydrogens is 466 g/mol. The van der Waals surface area contributed by atoms with Gasteiger partial charge in [-0.1, -0.05) is 6.07 Å². The average molecular weight is 482 g/mol. The van der Waals surface area contributed by atoms with Gasteiger partial charge in [0.25, 0.3) is 0 Å². The minimum absolute atomic E-state index is 0.0993. The molecule has 0 bridgehead atoms. The van der Waals surface area contributed by atoms with Crippen LogP contribution in [0, 0.1) is 0 Å². The lowest BCUT2D eigenvalue weighted by Crippen LogP contribution is -2.62. The minimum Gasteiger partial charge on any atom is -0.475 e. The molecule has 0 amide bonds. The van der Waals surface area contributed by atoms with Gasteiger partial charge in [0.1, 0.15) is 0 Å². The fourth-order valence-corrected chi connectivity index (χ4v) is 5.57. The van der Waals surface area contributed by atoms with E-state index in [-0.39, 0.29) is 19.2 Å². The van der Waals surface area contributed by atoms with Crippen molar-refractivity contribution in [1.29, 1.82) is 0 Å². The number of aliphatic carboxylic acids is 1. The number of carbonyl (C=O) groups is 1. The zero-order valence-corrected chi connectivity index (χ0v) is 16.6. The van der Waals surface area contributed by atoms with Gasteiger partial charge in [-0.05, 0) is 18.6 Å². The highest BCUT2D eigenvalue weighted by Gasteiger charge is 2.60. The number of hydrogen-bond donors (Lipinski definition) is 1. The fourth-order valence-electron chi connectivity index (χ4n) is 2.73. The Morgan fingerprint density at radius 1 is 1.27 bits per heavy atom. The average Bonchev–Trinajstić information content (AvgIpc) is 3.03. The van der Waals surface area contributed by atoms with Crippen LogP contribution < -0.4 is 0 Å². The largest absolute Gasteiger partial charge is 0.511 e. The first kappa shape index (κ1) is 24.7. The Balaban J connectivity index is 0.000000396. The summed E-state index contributed by atoms with van der Waals surface area (Å²) in [5.74, 6) is -2.11. The van der Waals surface area contributed by atoms with Crippen molar-refractivity contribution >= 4 is 27.8 Å². The zero-order valence-electron chi connectivity index (χ0n) is 15.0. The number of carboxylic acids is 1. The Kier molecular flexibility index (Phi) is 7.31. The molecular formula is C15H16F6N2O5S2. The standard InChI is InChI=1S/C13H15F3N2O3S2.C2HF3O2/c14-13(15,16)23(19,20)18-8-12(9-18)5-11(7-22-12)21-6-10-3-1-2-4-17-10;3-2(4,5)1(6)7/h1-4,11H,5-9H2;(H,6,7). The zero-order chi connectivity index (χ0) is 22.8. The number of hydrogen-bond acceptors (Lipinski definition) is 6. The van der Waals surface area contributed by atoms with Gasteiger partial charge in [-0.15, -0.1) is 11.8 Å². The lowest BCUT2D eigenvalue weighted by Gasteiger charge is -2.46. The molecule has 1 unspecified atom stereocenters. The number of alkyl halides is 6. The number of ether oxygens (including phenoxy) is 1. The van der Waals surface area contributed by atoms with E-state index < -0.39 is 32.4 Å². The number of carboxylic acid groups (broad SMARTS) is 1. The monoisotopic (exact) mass is 482 g/mol. The van der Waals surface area contributed by atoms with E-state index in [1.807, 2.05) is 12.1 Å². The first-order chi connectivity index (χ1) is 13.7. The van der Waals surface area contributed by atoms with Gasteiger partial charge >= 0.3 is 27.7 Å². The molecule has 2 fully saturated rings. The molecule has 1 N–H and O–H groups in total. The second kappa shape index (κ2) is 8.88. The van der Waals surface area contributed by atoms with Crippen molar-refractivity contribution < 1.29 is 49.4 Å². The minimum atomic E-state index is -5.23. The van der Waals surface area contributed by atoms with Gasteiger partial charge in [-0.2, -0.15) is 30.6 Å². The molecule has 3 heterocycles. The molecule has 2 aliphatic rings. The van der Waals surface area contributed by atoms with Gasteiger partial charge in [0.05, 0.1) is 18.4 Å². The van der Waals surface area contributed by atoms with Crippen molar-refractivity contribution in [2.45, 2.75) is 35.6 Å². The molecule has 30 heavy (non-hydrogen) atoms. The quantitative estimate of drug-likeness (QED) is 0.659. The summed E-state index contributed by atoms with van der Waals surface area (Å²) in [5, 5.41) is 7.12. The fraction of sp³-hybridized carbons (Fsp3) is 0.600. The molecule has 7 nitrogen and oxygen atoms in total. The van der Waals surface area contributed by atoms with Crippen LogP contribution in [-0.4, -0.2) is 70.2 Å². The first-order valence-electron chi connectivity index (χ1n) is 8.18. The van der Waals surface area contributed by atoms with E-state index in [2.05, 4.69) is 4.98 Å². The maximum atomic E-state index is 12.5. The summed E-state index contributed by atoms with van der Waals surface area (Å²) in [6, 6.07) is 5.48. The van der Waals surface area contributed by atoms with Crippen LogP contribution in [0.3, 0.4) is 0 Å². The van der Waals surface area contributed by atoms with Crippen molar-refractivity contribution in [3.8, 4) is 0 Å². The Labute approximate surface area is 171 Å². The van der Waals surface area contributed by atoms with Crippen LogP contribution in [0.15, 0.2) is 24.4 Å². The molecule has 1 aromatic heterocycles. The van der Waals surface area contributed by atoms with E-state index in [0.717, 1.165) is 5.69 Å². The van der Waals surface area contributed by atoms with Gasteiger partial charge in [-0.3, -0.25) is 4.98 Å². The second-order valence-corrected chi connectivity index (χ2v) is 9.89. The summed E-state index contributed by atoms with van der Waals surface area (Å²) >= 11 is 1.49. The number of sulfonamides is 1. The van der Waals surface area contributed by atoms with Gasteiger partial charge in [-0.25, -0.2) is 13.2 Å². The second-order valence-electron chi connectivity index (χ2n) is 6.47. The van der Waals surface area contributed by atoms with E-state index in [0.29, 0.717) is 23.1 Å². The molecule has 15 heteroatoms. The Morgan fingerprint density at radius 3 is 2.33 bits per heavy atom. The predicted octanol–water partition coefficient (Wildman–Crippen LogP) is 2.64. The third-order valence-electron chi connectivity index (χ3n) is 4.17. The normalized spacial score (nSPS) is 21.6. The highest BCUT2D eigenvalue weighted by molar-refractivity contribution is 8.01. The summed E-state index contributed by atoms with van der Waals surface area (Å²) < 4.78 is 97.6. The van der Waals surface area contributed by atoms with Crippen molar-refractivity contribution in [2.75, 3.05) is 18.8 Å². The summed E-state index contributed by atoms with van der Waals surface area (Å²) in [7, 11) is -5.21. The molecule has 1 atom stereocenters. The smallest absolute Gasteiger partial charge is 0.475 e. The maximum Gasteiger partial charge on any atom is 0.511 e. The van der Waals surface area contributed by atoms with Crippen molar-refractivity contribution in [1.82, 2.24) is 9.29 Å². The van der Waals surface area contributed by atoms with Crippen LogP contribution in [0.25, 0.3) is 0 Å². The Hall–Kier alpha value is -1.58. The lowest BCUT2D eigenvalue weighted by molar-refractivity contribution is -0.192. The van der Waals surface area contributed by atoms with E-state index in [4.69, 9.17) is 14.6 Å². The Bertz CT molecular complexity index is 841. The van der Waals surface area contributed by atoms with Gasteiger partial charge < -0.3 is 9.84 Å². The lowest BCUT2D eigenvalue weighted by atomic mass is 9.95.